The number of carbonyl (C=O) groups excluding carboxylic acids is 1. The molecule has 7 heteroatoms. The standard InChI is InChI=1S/C7H11N5O2/c1-2-14-6(13)5-3-8-7-9-10-11-12(7)4-5/h5H,2-4H2,1H3,(H,8,9,11). The average molecular weight is 197 g/mol. The molecule has 0 radical (unpaired) electrons. The number of fused-ring (bicyclic) bond motifs is 1. The Morgan fingerprint density at radius 3 is 3.43 bits per heavy atom. The lowest BCUT2D eigenvalue weighted by molar-refractivity contribution is -0.148. The van der Waals surface area contributed by atoms with Crippen molar-refractivity contribution in [1.82, 2.24) is 20.2 Å². The van der Waals surface area contributed by atoms with Crippen LogP contribution in [0.25, 0.3) is 0 Å². The third kappa shape index (κ3) is 1.52. The summed E-state index contributed by atoms with van der Waals surface area (Å²) in [6.45, 7) is 3.20. The summed E-state index contributed by atoms with van der Waals surface area (Å²) in [5, 5.41) is 13.9. The molecule has 0 bridgehead atoms. The second kappa shape index (κ2) is 3.60. The maximum atomic E-state index is 11.4. The number of nitrogens with one attached hydrogen (secondary N) is 1. The van der Waals surface area contributed by atoms with Crippen LogP contribution in [0.15, 0.2) is 0 Å². The largest absolute Gasteiger partial charge is 0.466 e. The number of anilines is 1. The molecule has 76 valence electrons. The first kappa shape index (κ1) is 8.92. The molecule has 14 heavy (non-hydrogen) atoms. The molecule has 7 nitrogen and oxygen atoms in total. The van der Waals surface area contributed by atoms with Gasteiger partial charge in [0.25, 0.3) is 0 Å². The van der Waals surface area contributed by atoms with Crippen molar-refractivity contribution >= 4 is 11.9 Å². The Kier molecular flexibility index (Phi) is 2.30. The summed E-state index contributed by atoms with van der Waals surface area (Å²) < 4.78 is 6.47. The molecule has 1 N–H and O–H groups in total. The number of tetrazole rings is 1. The number of hydrogen-bond acceptors (Lipinski definition) is 6. The van der Waals surface area contributed by atoms with Crippen LogP contribution in [-0.2, 0) is 16.1 Å². The highest BCUT2D eigenvalue weighted by Gasteiger charge is 2.26. The minimum Gasteiger partial charge on any atom is -0.466 e. The van der Waals surface area contributed by atoms with Gasteiger partial charge in [-0.2, -0.15) is 0 Å². The minimum absolute atomic E-state index is 0.203. The molecule has 2 heterocycles. The molecular weight excluding hydrogens is 186 g/mol. The third-order valence-corrected chi connectivity index (χ3v) is 2.05. The Hall–Kier alpha value is -1.66. The van der Waals surface area contributed by atoms with E-state index in [4.69, 9.17) is 4.74 Å². The SMILES string of the molecule is CCOC(=O)C1CNc2nnnn2C1. The van der Waals surface area contributed by atoms with E-state index >= 15 is 0 Å². The molecular formula is C7H11N5O2. The van der Waals surface area contributed by atoms with Crippen LogP contribution < -0.4 is 5.32 Å². The quantitative estimate of drug-likeness (QED) is 0.630. The van der Waals surface area contributed by atoms with Crippen molar-refractivity contribution < 1.29 is 9.53 Å². The Balaban J connectivity index is 2.04. The lowest BCUT2D eigenvalue weighted by Crippen LogP contribution is -2.34. The zero-order valence-electron chi connectivity index (χ0n) is 7.80. The number of carbonyl (C=O) groups is 1. The van der Waals surface area contributed by atoms with Gasteiger partial charge in [-0.25, -0.2) is 4.68 Å². The molecule has 2 rings (SSSR count). The van der Waals surface area contributed by atoms with Gasteiger partial charge in [0.2, 0.25) is 5.95 Å². The molecule has 0 fully saturated rings. The molecule has 1 atom stereocenters. The molecule has 0 saturated heterocycles. The van der Waals surface area contributed by atoms with Crippen molar-refractivity contribution in [3.63, 3.8) is 0 Å². The average Bonchev–Trinajstić information content (AvgIpc) is 2.64. The van der Waals surface area contributed by atoms with E-state index < -0.39 is 0 Å². The van der Waals surface area contributed by atoms with Gasteiger partial charge in [-0.05, 0) is 17.4 Å². The molecule has 1 aromatic heterocycles. The third-order valence-electron chi connectivity index (χ3n) is 2.05. The smallest absolute Gasteiger partial charge is 0.312 e. The summed E-state index contributed by atoms with van der Waals surface area (Å²) in [4.78, 5) is 11.4. The van der Waals surface area contributed by atoms with Gasteiger partial charge < -0.3 is 10.1 Å². The van der Waals surface area contributed by atoms with Gasteiger partial charge in [0.1, 0.15) is 0 Å². The number of rotatable bonds is 2. The molecule has 0 aromatic carbocycles. The highest BCUT2D eigenvalue weighted by atomic mass is 16.5. The van der Waals surface area contributed by atoms with Crippen LogP contribution in [0.5, 0.6) is 0 Å². The van der Waals surface area contributed by atoms with Crippen LogP contribution in [0.4, 0.5) is 5.95 Å². The minimum atomic E-state index is -0.207. The second-order valence-electron chi connectivity index (χ2n) is 3.01. The normalized spacial score (nSPS) is 19.6. The van der Waals surface area contributed by atoms with Crippen molar-refractivity contribution in [3.8, 4) is 0 Å². The maximum Gasteiger partial charge on any atom is 0.312 e. The fourth-order valence-corrected chi connectivity index (χ4v) is 1.36. The van der Waals surface area contributed by atoms with Gasteiger partial charge in [-0.15, -0.1) is 0 Å². The van der Waals surface area contributed by atoms with Crippen molar-refractivity contribution in [2.45, 2.75) is 13.5 Å². The van der Waals surface area contributed by atoms with Gasteiger partial charge in [0, 0.05) is 6.54 Å². The van der Waals surface area contributed by atoms with E-state index in [1.165, 1.54) is 0 Å². The van der Waals surface area contributed by atoms with E-state index in [1.807, 2.05) is 0 Å². The van der Waals surface area contributed by atoms with Crippen LogP contribution in [0.1, 0.15) is 6.92 Å². The van der Waals surface area contributed by atoms with Crippen LogP contribution in [0.3, 0.4) is 0 Å². The number of nitrogens with zero attached hydrogens (tertiary/aromatic N) is 4. The Labute approximate surface area is 80.4 Å². The summed E-state index contributed by atoms with van der Waals surface area (Å²) in [5.41, 5.74) is 0. The Bertz CT molecular complexity index is 337. The lowest BCUT2D eigenvalue weighted by atomic mass is 10.1. The first-order valence-corrected chi connectivity index (χ1v) is 4.48. The summed E-state index contributed by atoms with van der Waals surface area (Å²) in [5.74, 6) is 0.192. The summed E-state index contributed by atoms with van der Waals surface area (Å²) in [6, 6.07) is 0. The first-order chi connectivity index (χ1) is 6.81. The fourth-order valence-electron chi connectivity index (χ4n) is 1.36. The van der Waals surface area contributed by atoms with E-state index in [0.717, 1.165) is 0 Å². The van der Waals surface area contributed by atoms with Crippen molar-refractivity contribution in [2.24, 2.45) is 5.92 Å². The van der Waals surface area contributed by atoms with Crippen LogP contribution in [0, 0.1) is 5.92 Å². The van der Waals surface area contributed by atoms with Crippen LogP contribution in [0.2, 0.25) is 0 Å². The van der Waals surface area contributed by atoms with Gasteiger partial charge in [0.05, 0.1) is 19.1 Å². The molecule has 1 aliphatic rings. The topological polar surface area (TPSA) is 81.9 Å². The summed E-state index contributed by atoms with van der Waals surface area (Å²) in [6.07, 6.45) is 0. The Morgan fingerprint density at radius 2 is 2.64 bits per heavy atom. The predicted molar refractivity (Wildman–Crippen MR) is 46.4 cm³/mol. The predicted octanol–water partition coefficient (Wildman–Crippen LogP) is -0.722. The highest BCUT2D eigenvalue weighted by molar-refractivity contribution is 5.73. The molecule has 1 aromatic rings. The number of esters is 1. The van der Waals surface area contributed by atoms with Gasteiger partial charge in [-0.3, -0.25) is 4.79 Å². The van der Waals surface area contributed by atoms with Crippen molar-refractivity contribution in [1.29, 1.82) is 0 Å². The van der Waals surface area contributed by atoms with Crippen molar-refractivity contribution in [3.05, 3.63) is 0 Å². The highest BCUT2D eigenvalue weighted by Crippen LogP contribution is 2.13. The first-order valence-electron chi connectivity index (χ1n) is 4.48. The molecule has 1 unspecified atom stereocenters. The zero-order chi connectivity index (χ0) is 9.97. The second-order valence-corrected chi connectivity index (χ2v) is 3.01. The molecule has 0 saturated carbocycles. The van der Waals surface area contributed by atoms with Crippen molar-refractivity contribution in [2.75, 3.05) is 18.5 Å². The van der Waals surface area contributed by atoms with E-state index in [0.29, 0.717) is 25.6 Å². The van der Waals surface area contributed by atoms with Crippen LogP contribution in [-0.4, -0.2) is 39.3 Å². The van der Waals surface area contributed by atoms with E-state index in [9.17, 15) is 4.79 Å². The summed E-state index contributed by atoms with van der Waals surface area (Å²) in [7, 11) is 0. The van der Waals surface area contributed by atoms with Gasteiger partial charge >= 0.3 is 5.97 Å². The molecule has 0 amide bonds. The van der Waals surface area contributed by atoms with E-state index in [-0.39, 0.29) is 11.9 Å². The fraction of sp³-hybridized carbons (Fsp3) is 0.714. The molecule has 1 aliphatic heterocycles. The zero-order valence-corrected chi connectivity index (χ0v) is 7.80. The molecule has 0 aliphatic carbocycles. The van der Waals surface area contributed by atoms with Gasteiger partial charge in [0.15, 0.2) is 0 Å². The molecule has 0 spiro atoms. The monoisotopic (exact) mass is 197 g/mol. The Morgan fingerprint density at radius 1 is 1.79 bits per heavy atom. The van der Waals surface area contributed by atoms with E-state index in [1.54, 1.807) is 11.6 Å². The lowest BCUT2D eigenvalue weighted by Gasteiger charge is -2.21. The van der Waals surface area contributed by atoms with E-state index in [2.05, 4.69) is 20.8 Å². The van der Waals surface area contributed by atoms with Crippen LogP contribution >= 0.6 is 0 Å². The number of hydrogen-bond donors (Lipinski definition) is 1. The number of aromatic nitrogens is 4. The number of ether oxygens (including phenoxy) is 1. The maximum absolute atomic E-state index is 11.4. The summed E-state index contributed by atoms with van der Waals surface area (Å²) >= 11 is 0. The van der Waals surface area contributed by atoms with Gasteiger partial charge in [-0.1, -0.05) is 5.10 Å².